The van der Waals surface area contributed by atoms with Gasteiger partial charge >= 0.3 is 0 Å². The summed E-state index contributed by atoms with van der Waals surface area (Å²) in [6, 6.07) is 0.875. The molecule has 0 radical (unpaired) electrons. The Kier molecular flexibility index (Phi) is 5.61. The first-order valence-electron chi connectivity index (χ1n) is 8.15. The van der Waals surface area contributed by atoms with E-state index in [1.807, 2.05) is 0 Å². The highest BCUT2D eigenvalue weighted by Gasteiger charge is 2.30. The smallest absolute Gasteiger partial charge is 0.0537 e. The van der Waals surface area contributed by atoms with Crippen LogP contribution in [0, 0.1) is 5.92 Å². The topological polar surface area (TPSA) is 47.1 Å². The molecular weight excluding hydrogens is 248 g/mol. The summed E-state index contributed by atoms with van der Waals surface area (Å²) in [7, 11) is 0. The summed E-state index contributed by atoms with van der Waals surface area (Å²) < 4.78 is 2.07. The van der Waals surface area contributed by atoms with Gasteiger partial charge in [-0.15, -0.1) is 0 Å². The number of rotatable bonds is 5. The normalized spacial score (nSPS) is 25.1. The summed E-state index contributed by atoms with van der Waals surface area (Å²) in [5, 5.41) is 4.53. The Hall–Kier alpha value is -0.870. The molecule has 4 nitrogen and oxygen atoms in total. The predicted octanol–water partition coefficient (Wildman–Crippen LogP) is 2.98. The Morgan fingerprint density at radius 1 is 1.40 bits per heavy atom. The lowest BCUT2D eigenvalue weighted by Gasteiger charge is -2.34. The standard InChI is InChI=1S/C16H30N4/c1-4-8-19-9-6-5-7-14(10-17)16(19)15-11-18-20(12-15)13(2)3/h11-14,16H,4-10,17H2,1-3H3. The summed E-state index contributed by atoms with van der Waals surface area (Å²) in [5.74, 6) is 0.564. The van der Waals surface area contributed by atoms with Gasteiger partial charge in [-0.2, -0.15) is 5.10 Å². The minimum Gasteiger partial charge on any atom is -0.330 e. The highest BCUT2D eigenvalue weighted by atomic mass is 15.3. The fourth-order valence-corrected chi connectivity index (χ4v) is 3.37. The van der Waals surface area contributed by atoms with Gasteiger partial charge in [0.2, 0.25) is 0 Å². The minimum absolute atomic E-state index is 0.422. The molecule has 1 aliphatic rings. The summed E-state index contributed by atoms with van der Waals surface area (Å²) >= 11 is 0. The molecule has 0 aliphatic carbocycles. The highest BCUT2D eigenvalue weighted by molar-refractivity contribution is 5.13. The van der Waals surface area contributed by atoms with Crippen LogP contribution in [0.3, 0.4) is 0 Å². The van der Waals surface area contributed by atoms with Crippen LogP contribution in [0.2, 0.25) is 0 Å². The minimum atomic E-state index is 0.422. The molecule has 0 amide bonds. The second kappa shape index (κ2) is 7.23. The fourth-order valence-electron chi connectivity index (χ4n) is 3.37. The molecule has 0 spiro atoms. The quantitative estimate of drug-likeness (QED) is 0.900. The fraction of sp³-hybridized carbons (Fsp3) is 0.812. The van der Waals surface area contributed by atoms with Crippen molar-refractivity contribution in [3.05, 3.63) is 18.0 Å². The third kappa shape index (κ3) is 3.41. The molecule has 0 saturated carbocycles. The molecule has 2 atom stereocenters. The molecule has 1 fully saturated rings. The second-order valence-corrected chi connectivity index (χ2v) is 6.32. The zero-order chi connectivity index (χ0) is 14.5. The number of likely N-dealkylation sites (tertiary alicyclic amines) is 1. The van der Waals surface area contributed by atoms with Gasteiger partial charge in [0.05, 0.1) is 6.20 Å². The molecule has 4 heteroatoms. The van der Waals surface area contributed by atoms with Crippen molar-refractivity contribution in [2.75, 3.05) is 19.6 Å². The monoisotopic (exact) mass is 278 g/mol. The van der Waals surface area contributed by atoms with Gasteiger partial charge in [0, 0.05) is 23.8 Å². The van der Waals surface area contributed by atoms with Gasteiger partial charge < -0.3 is 5.73 Å². The van der Waals surface area contributed by atoms with Gasteiger partial charge in [-0.25, -0.2) is 0 Å². The summed E-state index contributed by atoms with van der Waals surface area (Å²) in [6.07, 6.45) is 9.33. The first kappa shape index (κ1) is 15.5. The molecule has 0 bridgehead atoms. The Labute approximate surface area is 123 Å². The summed E-state index contributed by atoms with van der Waals surface area (Å²) in [5.41, 5.74) is 7.42. The predicted molar refractivity (Wildman–Crippen MR) is 83.6 cm³/mol. The van der Waals surface area contributed by atoms with Crippen molar-refractivity contribution in [1.29, 1.82) is 0 Å². The number of aromatic nitrogens is 2. The molecule has 2 unspecified atom stereocenters. The van der Waals surface area contributed by atoms with E-state index in [2.05, 4.69) is 47.8 Å². The van der Waals surface area contributed by atoms with Crippen LogP contribution in [0.1, 0.15) is 64.1 Å². The third-order valence-electron chi connectivity index (χ3n) is 4.42. The van der Waals surface area contributed by atoms with E-state index < -0.39 is 0 Å². The lowest BCUT2D eigenvalue weighted by molar-refractivity contribution is 0.158. The highest BCUT2D eigenvalue weighted by Crippen LogP contribution is 2.34. The van der Waals surface area contributed by atoms with Crippen LogP contribution in [-0.4, -0.2) is 34.3 Å². The van der Waals surface area contributed by atoms with Crippen LogP contribution in [0.4, 0.5) is 0 Å². The van der Waals surface area contributed by atoms with E-state index in [0.29, 0.717) is 18.0 Å². The van der Waals surface area contributed by atoms with Crippen molar-refractivity contribution in [2.45, 2.75) is 58.5 Å². The van der Waals surface area contributed by atoms with Crippen LogP contribution in [0.15, 0.2) is 12.4 Å². The van der Waals surface area contributed by atoms with E-state index in [4.69, 9.17) is 5.73 Å². The zero-order valence-corrected chi connectivity index (χ0v) is 13.3. The maximum atomic E-state index is 6.07. The van der Waals surface area contributed by atoms with Gasteiger partial charge in [0.15, 0.2) is 0 Å². The zero-order valence-electron chi connectivity index (χ0n) is 13.3. The van der Waals surface area contributed by atoms with Crippen LogP contribution < -0.4 is 5.73 Å². The maximum Gasteiger partial charge on any atom is 0.0537 e. The van der Waals surface area contributed by atoms with Gasteiger partial charge in [-0.3, -0.25) is 9.58 Å². The molecule has 1 aliphatic heterocycles. The SMILES string of the molecule is CCCN1CCCCC(CN)C1c1cnn(C(C)C)c1. The average molecular weight is 278 g/mol. The molecule has 20 heavy (non-hydrogen) atoms. The van der Waals surface area contributed by atoms with Gasteiger partial charge in [-0.05, 0) is 58.7 Å². The van der Waals surface area contributed by atoms with E-state index in [0.717, 1.165) is 13.1 Å². The van der Waals surface area contributed by atoms with E-state index in [1.165, 1.54) is 37.8 Å². The largest absolute Gasteiger partial charge is 0.330 e. The van der Waals surface area contributed by atoms with Crippen molar-refractivity contribution in [3.8, 4) is 0 Å². The van der Waals surface area contributed by atoms with Crippen LogP contribution in [0.25, 0.3) is 0 Å². The lowest BCUT2D eigenvalue weighted by Crippen LogP contribution is -2.36. The van der Waals surface area contributed by atoms with Crippen molar-refractivity contribution in [1.82, 2.24) is 14.7 Å². The number of hydrogen-bond donors (Lipinski definition) is 1. The molecule has 2 rings (SSSR count). The number of nitrogens with two attached hydrogens (primary N) is 1. The number of hydrogen-bond acceptors (Lipinski definition) is 3. The molecule has 1 aromatic rings. The van der Waals surface area contributed by atoms with Crippen LogP contribution in [-0.2, 0) is 0 Å². The van der Waals surface area contributed by atoms with Crippen molar-refractivity contribution < 1.29 is 0 Å². The molecule has 2 N–H and O–H groups in total. The first-order chi connectivity index (χ1) is 9.67. The maximum absolute atomic E-state index is 6.07. The van der Waals surface area contributed by atoms with Gasteiger partial charge in [0.1, 0.15) is 0 Å². The molecule has 2 heterocycles. The Balaban J connectivity index is 2.27. The molecule has 1 aromatic heterocycles. The molecule has 1 saturated heterocycles. The Morgan fingerprint density at radius 3 is 2.80 bits per heavy atom. The van der Waals surface area contributed by atoms with E-state index >= 15 is 0 Å². The van der Waals surface area contributed by atoms with Crippen molar-refractivity contribution in [3.63, 3.8) is 0 Å². The van der Waals surface area contributed by atoms with Crippen molar-refractivity contribution >= 4 is 0 Å². The van der Waals surface area contributed by atoms with Crippen LogP contribution in [0.5, 0.6) is 0 Å². The van der Waals surface area contributed by atoms with Gasteiger partial charge in [-0.1, -0.05) is 13.3 Å². The first-order valence-corrected chi connectivity index (χ1v) is 8.15. The van der Waals surface area contributed by atoms with E-state index in [9.17, 15) is 0 Å². The van der Waals surface area contributed by atoms with Crippen LogP contribution >= 0.6 is 0 Å². The lowest BCUT2D eigenvalue weighted by atomic mass is 9.91. The number of nitrogens with zero attached hydrogens (tertiary/aromatic N) is 3. The van der Waals surface area contributed by atoms with E-state index in [1.54, 1.807) is 0 Å². The second-order valence-electron chi connectivity index (χ2n) is 6.32. The van der Waals surface area contributed by atoms with Gasteiger partial charge in [0.25, 0.3) is 0 Å². The Bertz CT molecular complexity index is 399. The Morgan fingerprint density at radius 2 is 2.20 bits per heavy atom. The van der Waals surface area contributed by atoms with Crippen molar-refractivity contribution in [2.24, 2.45) is 11.7 Å². The molecule has 114 valence electrons. The average Bonchev–Trinajstić information content (AvgIpc) is 2.82. The summed E-state index contributed by atoms with van der Waals surface area (Å²) in [4.78, 5) is 2.63. The summed E-state index contributed by atoms with van der Waals surface area (Å²) in [6.45, 7) is 9.74. The van der Waals surface area contributed by atoms with E-state index in [-0.39, 0.29) is 0 Å². The third-order valence-corrected chi connectivity index (χ3v) is 4.42. The molecular formula is C16H30N4. The molecule has 0 aromatic carbocycles.